The van der Waals surface area contributed by atoms with E-state index in [1.807, 2.05) is 0 Å². The quantitative estimate of drug-likeness (QED) is 0.0970. The minimum absolute atomic E-state index is 0. The third kappa shape index (κ3) is 34.2. The van der Waals surface area contributed by atoms with Crippen LogP contribution in [0, 0.1) is 0 Å². The van der Waals surface area contributed by atoms with E-state index in [1.165, 1.54) is 0 Å². The van der Waals surface area contributed by atoms with Crippen molar-refractivity contribution in [1.82, 2.24) is 0 Å². The summed E-state index contributed by atoms with van der Waals surface area (Å²) in [5.41, 5.74) is 0. The maximum atomic E-state index is 9.68. The first kappa shape index (κ1) is 27.5. The van der Waals surface area contributed by atoms with Crippen molar-refractivity contribution in [2.45, 2.75) is 0 Å². The Morgan fingerprint density at radius 1 is 0.429 bits per heavy atom. The van der Waals surface area contributed by atoms with Crippen LogP contribution in [0.3, 0.4) is 0 Å². The van der Waals surface area contributed by atoms with Crippen LogP contribution in [0.5, 0.6) is 0 Å². The molecule has 21 heteroatoms. The van der Waals surface area contributed by atoms with Gasteiger partial charge in [0, 0.05) is 37.7 Å². The second-order valence-electron chi connectivity index (χ2n) is 2.26. The van der Waals surface area contributed by atoms with E-state index in [2.05, 4.69) is 18.7 Å². The zero-order chi connectivity index (χ0) is 16.8. The molecule has 0 aliphatic heterocycles. The van der Waals surface area contributed by atoms with Gasteiger partial charge in [-0.3, -0.25) is 0 Å². The molecule has 0 heterocycles. The van der Waals surface area contributed by atoms with Crippen LogP contribution in [0.15, 0.2) is 0 Å². The molecule has 0 spiro atoms. The Bertz CT molecular complexity index is 365. The molecule has 0 fully saturated rings. The molecular weight excluding hydrogens is 420 g/mol. The summed E-state index contributed by atoms with van der Waals surface area (Å²) in [5.74, 6) is 0. The molecule has 0 aromatic carbocycles. The Labute approximate surface area is 144 Å². The Balaban J connectivity index is -0.000000295. The molecule has 0 aliphatic carbocycles. The summed E-state index contributed by atoms with van der Waals surface area (Å²) in [6.07, 6.45) is 0. The van der Waals surface area contributed by atoms with Crippen LogP contribution in [-0.4, -0.2) is 76.9 Å². The van der Waals surface area contributed by atoms with Gasteiger partial charge in [-0.05, 0) is 0 Å². The molecule has 8 N–H and O–H groups in total. The molecule has 0 unspecified atom stereocenters. The maximum Gasteiger partial charge on any atom is 0.497 e. The summed E-state index contributed by atoms with van der Waals surface area (Å²) in [7, 11) is -19.9. The van der Waals surface area contributed by atoms with Gasteiger partial charge in [0.05, 0.1) is 0 Å². The average molecular weight is 428 g/mol. The van der Waals surface area contributed by atoms with Crippen molar-refractivity contribution < 1.29 is 76.1 Å². The van der Waals surface area contributed by atoms with Crippen LogP contribution in [0.2, 0.25) is 0 Å². The smallest absolute Gasteiger partial charge is 0.301 e. The van der Waals surface area contributed by atoms with E-state index in [-0.39, 0.29) is 37.7 Å². The van der Waals surface area contributed by atoms with Crippen molar-refractivity contribution in [1.29, 1.82) is 0 Å². The SMILES string of the molecule is O=P(O)(O)OOP(=O)(O)O.O=P(O)(O)OOP(=O)(O)O.[Ca]. The molecule has 0 bridgehead atoms. The Morgan fingerprint density at radius 2 is 0.524 bits per heavy atom. The summed E-state index contributed by atoms with van der Waals surface area (Å²) in [5, 5.41) is 0. The minimum atomic E-state index is -4.98. The maximum absolute atomic E-state index is 9.68. The van der Waals surface area contributed by atoms with E-state index in [0.717, 1.165) is 0 Å². The molecule has 0 aromatic heterocycles. The van der Waals surface area contributed by atoms with Gasteiger partial charge in [0.25, 0.3) is 0 Å². The second-order valence-corrected chi connectivity index (χ2v) is 6.78. The molecule has 126 valence electrons. The fourth-order valence-corrected chi connectivity index (χ4v) is 1.56. The van der Waals surface area contributed by atoms with Gasteiger partial charge in [0.15, 0.2) is 0 Å². The van der Waals surface area contributed by atoms with Crippen molar-refractivity contribution in [3.63, 3.8) is 0 Å². The molecule has 16 nitrogen and oxygen atoms in total. The average Bonchev–Trinajstić information content (AvgIpc) is 2.09. The van der Waals surface area contributed by atoms with E-state index in [1.54, 1.807) is 0 Å². The van der Waals surface area contributed by atoms with Gasteiger partial charge in [-0.1, -0.05) is 0 Å². The van der Waals surface area contributed by atoms with Gasteiger partial charge in [-0.15, -0.1) is 18.7 Å². The van der Waals surface area contributed by atoms with Crippen LogP contribution >= 0.6 is 31.3 Å². The first-order valence-corrected chi connectivity index (χ1v) is 9.52. The molecule has 0 aromatic rings. The molecule has 0 saturated heterocycles. The van der Waals surface area contributed by atoms with Crippen molar-refractivity contribution >= 4 is 69.0 Å². The first-order valence-electron chi connectivity index (χ1n) is 3.39. The summed E-state index contributed by atoms with van der Waals surface area (Å²) >= 11 is 0. The number of hydrogen-bond acceptors (Lipinski definition) is 8. The predicted molar refractivity (Wildman–Crippen MR) is 58.3 cm³/mol. The third-order valence-electron chi connectivity index (χ3n) is 0.455. The number of phosphoric acid groups is 4. The monoisotopic (exact) mass is 428 g/mol. The summed E-state index contributed by atoms with van der Waals surface area (Å²) in [6.45, 7) is 0. The van der Waals surface area contributed by atoms with Crippen molar-refractivity contribution in [3.8, 4) is 0 Å². The van der Waals surface area contributed by atoms with Crippen molar-refractivity contribution in [3.05, 3.63) is 0 Å². The van der Waals surface area contributed by atoms with Gasteiger partial charge in [-0.25, -0.2) is 18.3 Å². The molecule has 0 rings (SSSR count). The minimum Gasteiger partial charge on any atom is -0.301 e. The van der Waals surface area contributed by atoms with Crippen molar-refractivity contribution in [2.24, 2.45) is 0 Å². The normalized spacial score (nSPS) is 13.0. The van der Waals surface area contributed by atoms with E-state index in [4.69, 9.17) is 39.1 Å². The van der Waals surface area contributed by atoms with E-state index >= 15 is 0 Å². The zero-order valence-electron chi connectivity index (χ0n) is 9.34. The first-order chi connectivity index (χ1) is 8.41. The standard InChI is InChI=1S/Ca.2H4O8P2/c;2*1-9(2,3)7-8-10(4,5)6/h;2*(H2,1,2,3)(H2,4,5,6). The fourth-order valence-electron chi connectivity index (χ4n) is 0.174. The Hall–Kier alpha value is 1.70. The molecule has 0 atom stereocenters. The number of rotatable bonds is 6. The summed E-state index contributed by atoms with van der Waals surface area (Å²) in [6, 6.07) is 0. The van der Waals surface area contributed by atoms with Gasteiger partial charge in [0.2, 0.25) is 0 Å². The van der Waals surface area contributed by atoms with E-state index in [0.29, 0.717) is 0 Å². The molecular formula is H8CaO16P4. The Kier molecular flexibility index (Phi) is 13.8. The molecule has 0 saturated carbocycles. The fraction of sp³-hybridized carbons (Fsp3) is 0. The van der Waals surface area contributed by atoms with Crippen LogP contribution in [0.1, 0.15) is 0 Å². The number of hydrogen-bond donors (Lipinski definition) is 8. The molecule has 0 amide bonds. The van der Waals surface area contributed by atoms with E-state index in [9.17, 15) is 18.3 Å². The van der Waals surface area contributed by atoms with Crippen LogP contribution < -0.4 is 0 Å². The van der Waals surface area contributed by atoms with Gasteiger partial charge >= 0.3 is 31.3 Å². The Morgan fingerprint density at radius 3 is 0.571 bits per heavy atom. The largest absolute Gasteiger partial charge is 0.497 e. The summed E-state index contributed by atoms with van der Waals surface area (Å²) in [4.78, 5) is 62.4. The second kappa shape index (κ2) is 10.5. The van der Waals surface area contributed by atoms with Crippen LogP contribution in [-0.2, 0) is 37.0 Å². The van der Waals surface area contributed by atoms with Crippen LogP contribution in [0.25, 0.3) is 0 Å². The van der Waals surface area contributed by atoms with Crippen molar-refractivity contribution in [2.75, 3.05) is 0 Å². The molecule has 21 heavy (non-hydrogen) atoms. The summed E-state index contributed by atoms with van der Waals surface area (Å²) < 4.78 is 50.7. The van der Waals surface area contributed by atoms with E-state index < -0.39 is 31.3 Å². The predicted octanol–water partition coefficient (Wildman–Crippen LogP) is -2.14. The third-order valence-corrected chi connectivity index (χ3v) is 1.77. The molecule has 2 radical (unpaired) electrons. The zero-order valence-corrected chi connectivity index (χ0v) is 15.1. The molecule has 0 aliphatic rings. The topological polar surface area (TPSA) is 267 Å². The van der Waals surface area contributed by atoms with Gasteiger partial charge in [0.1, 0.15) is 0 Å². The van der Waals surface area contributed by atoms with Gasteiger partial charge in [-0.2, -0.15) is 0 Å². The van der Waals surface area contributed by atoms with Crippen LogP contribution in [0.4, 0.5) is 0 Å². The van der Waals surface area contributed by atoms with Gasteiger partial charge < -0.3 is 39.1 Å².